The van der Waals surface area contributed by atoms with E-state index in [2.05, 4.69) is 10.6 Å². The highest BCUT2D eigenvalue weighted by atomic mass is 32.2. The monoisotopic (exact) mass is 218 g/mol. The summed E-state index contributed by atoms with van der Waals surface area (Å²) in [5, 5.41) is 4.72. The van der Waals surface area contributed by atoms with E-state index in [0.717, 1.165) is 0 Å². The Kier molecular flexibility index (Phi) is 4.97. The van der Waals surface area contributed by atoms with Crippen LogP contribution < -0.4 is 10.6 Å². The van der Waals surface area contributed by atoms with Crippen LogP contribution >= 0.6 is 11.8 Å². The first-order valence-electron chi connectivity index (χ1n) is 4.42. The van der Waals surface area contributed by atoms with Crippen LogP contribution in [0.5, 0.6) is 0 Å². The molecule has 0 heterocycles. The summed E-state index contributed by atoms with van der Waals surface area (Å²) in [5.74, 6) is -0.265. The van der Waals surface area contributed by atoms with Crippen LogP contribution in [0.15, 0.2) is 0 Å². The lowest BCUT2D eigenvalue weighted by Gasteiger charge is -2.20. The minimum Gasteiger partial charge on any atom is -0.333 e. The minimum absolute atomic E-state index is 0.208. The summed E-state index contributed by atoms with van der Waals surface area (Å²) in [6, 6.07) is -0.441. The molecule has 82 valence electrons. The Morgan fingerprint density at radius 1 is 1.29 bits per heavy atom. The van der Waals surface area contributed by atoms with Crippen molar-refractivity contribution < 1.29 is 9.59 Å². The first-order chi connectivity index (χ1) is 6.26. The molecule has 4 nitrogen and oxygen atoms in total. The van der Waals surface area contributed by atoms with E-state index in [1.165, 1.54) is 11.8 Å². The number of carbonyl (C=O) groups excluding carboxylic acids is 2. The van der Waals surface area contributed by atoms with Gasteiger partial charge in [-0.15, -0.1) is 0 Å². The fourth-order valence-electron chi connectivity index (χ4n) is 0.692. The van der Waals surface area contributed by atoms with Crippen molar-refractivity contribution in [3.8, 4) is 0 Å². The maximum atomic E-state index is 11.3. The number of urea groups is 1. The molecule has 0 fully saturated rings. The summed E-state index contributed by atoms with van der Waals surface area (Å²) in [6.45, 7) is 7.32. The predicted octanol–water partition coefficient (Wildman–Crippen LogP) is 1.36. The molecule has 14 heavy (non-hydrogen) atoms. The van der Waals surface area contributed by atoms with Crippen molar-refractivity contribution in [3.63, 3.8) is 0 Å². The van der Waals surface area contributed by atoms with Gasteiger partial charge in [0.25, 0.3) is 0 Å². The van der Waals surface area contributed by atoms with Crippen LogP contribution in [0, 0.1) is 0 Å². The molecule has 1 unspecified atom stereocenters. The fourth-order valence-corrected chi connectivity index (χ4v) is 0.965. The second-order valence-electron chi connectivity index (χ2n) is 4.07. The average Bonchev–Trinajstić information content (AvgIpc) is 1.99. The van der Waals surface area contributed by atoms with Crippen LogP contribution in [0.1, 0.15) is 27.7 Å². The molecule has 0 aliphatic carbocycles. The predicted molar refractivity (Wildman–Crippen MR) is 59.4 cm³/mol. The molecule has 0 aromatic rings. The summed E-state index contributed by atoms with van der Waals surface area (Å²) in [5.41, 5.74) is -0.326. The Labute approximate surface area is 89.2 Å². The average molecular weight is 218 g/mol. The Morgan fingerprint density at radius 3 is 2.14 bits per heavy atom. The largest absolute Gasteiger partial charge is 0.333 e. The third-order valence-electron chi connectivity index (χ3n) is 1.45. The van der Waals surface area contributed by atoms with Gasteiger partial charge < -0.3 is 5.32 Å². The van der Waals surface area contributed by atoms with Gasteiger partial charge in [0.2, 0.25) is 5.91 Å². The van der Waals surface area contributed by atoms with Crippen LogP contribution in [0.4, 0.5) is 4.79 Å². The van der Waals surface area contributed by atoms with Crippen LogP contribution in [0.2, 0.25) is 0 Å². The van der Waals surface area contributed by atoms with Gasteiger partial charge in [-0.05, 0) is 34.0 Å². The van der Waals surface area contributed by atoms with Gasteiger partial charge in [0.15, 0.2) is 0 Å². The summed E-state index contributed by atoms with van der Waals surface area (Å²) in [4.78, 5) is 22.5. The van der Waals surface area contributed by atoms with Crippen molar-refractivity contribution in [3.05, 3.63) is 0 Å². The van der Waals surface area contributed by atoms with Gasteiger partial charge in [-0.25, -0.2) is 4.79 Å². The molecule has 0 aromatic carbocycles. The number of rotatable bonds is 2. The van der Waals surface area contributed by atoms with Gasteiger partial charge >= 0.3 is 6.03 Å². The maximum absolute atomic E-state index is 11.3. The lowest BCUT2D eigenvalue weighted by molar-refractivity contribution is -0.119. The molecule has 0 radical (unpaired) electrons. The van der Waals surface area contributed by atoms with E-state index in [1.54, 1.807) is 6.92 Å². The zero-order valence-electron chi connectivity index (χ0n) is 9.30. The SMILES string of the molecule is CSC(C)C(=O)NC(=O)NC(C)(C)C. The van der Waals surface area contributed by atoms with Gasteiger partial charge in [0.1, 0.15) is 0 Å². The summed E-state index contributed by atoms with van der Waals surface area (Å²) < 4.78 is 0. The third kappa shape index (κ3) is 5.85. The quantitative estimate of drug-likeness (QED) is 0.736. The van der Waals surface area contributed by atoms with E-state index in [0.29, 0.717) is 0 Å². The maximum Gasteiger partial charge on any atom is 0.321 e. The molecule has 3 amide bonds. The van der Waals surface area contributed by atoms with Crippen molar-refractivity contribution >= 4 is 23.7 Å². The van der Waals surface area contributed by atoms with Crippen molar-refractivity contribution in [2.45, 2.75) is 38.5 Å². The lowest BCUT2D eigenvalue weighted by atomic mass is 10.1. The summed E-state index contributed by atoms with van der Waals surface area (Å²) >= 11 is 1.40. The van der Waals surface area contributed by atoms with Crippen LogP contribution in [0.25, 0.3) is 0 Å². The first-order valence-corrected chi connectivity index (χ1v) is 5.71. The third-order valence-corrected chi connectivity index (χ3v) is 2.37. The molecule has 1 atom stereocenters. The number of nitrogens with one attached hydrogen (secondary N) is 2. The highest BCUT2D eigenvalue weighted by molar-refractivity contribution is 7.99. The second-order valence-corrected chi connectivity index (χ2v) is 5.25. The zero-order chi connectivity index (χ0) is 11.4. The van der Waals surface area contributed by atoms with Crippen molar-refractivity contribution in [2.75, 3.05) is 6.26 Å². The Balaban J connectivity index is 4.02. The van der Waals surface area contributed by atoms with Gasteiger partial charge in [0, 0.05) is 5.54 Å². The molecule has 0 aliphatic rings. The lowest BCUT2D eigenvalue weighted by Crippen LogP contribution is -2.49. The molecule has 0 saturated heterocycles. The molecular weight excluding hydrogens is 200 g/mol. The molecule has 0 aromatic heterocycles. The molecule has 0 saturated carbocycles. The molecule has 0 bridgehead atoms. The molecule has 2 N–H and O–H groups in total. The number of imide groups is 1. The number of carbonyl (C=O) groups is 2. The number of thioether (sulfide) groups is 1. The zero-order valence-corrected chi connectivity index (χ0v) is 10.1. The van der Waals surface area contributed by atoms with E-state index in [1.807, 2.05) is 27.0 Å². The van der Waals surface area contributed by atoms with E-state index in [-0.39, 0.29) is 16.7 Å². The summed E-state index contributed by atoms with van der Waals surface area (Å²) in [6.07, 6.45) is 1.83. The first kappa shape index (κ1) is 13.3. The van der Waals surface area contributed by atoms with E-state index in [9.17, 15) is 9.59 Å². The number of hydrogen-bond acceptors (Lipinski definition) is 3. The Bertz CT molecular complexity index is 223. The number of amides is 3. The molecule has 5 heteroatoms. The van der Waals surface area contributed by atoms with Crippen molar-refractivity contribution in [1.82, 2.24) is 10.6 Å². The normalized spacial score (nSPS) is 13.2. The van der Waals surface area contributed by atoms with Gasteiger partial charge in [-0.1, -0.05) is 0 Å². The highest BCUT2D eigenvalue weighted by Gasteiger charge is 2.18. The van der Waals surface area contributed by atoms with Crippen molar-refractivity contribution in [2.24, 2.45) is 0 Å². The van der Waals surface area contributed by atoms with E-state index < -0.39 is 6.03 Å². The van der Waals surface area contributed by atoms with Crippen LogP contribution in [-0.2, 0) is 4.79 Å². The van der Waals surface area contributed by atoms with E-state index in [4.69, 9.17) is 0 Å². The number of hydrogen-bond donors (Lipinski definition) is 2. The van der Waals surface area contributed by atoms with Crippen LogP contribution in [-0.4, -0.2) is 29.0 Å². The summed E-state index contributed by atoms with van der Waals surface area (Å²) in [7, 11) is 0. The smallest absolute Gasteiger partial charge is 0.321 e. The topological polar surface area (TPSA) is 58.2 Å². The fraction of sp³-hybridized carbons (Fsp3) is 0.778. The molecule has 0 rings (SSSR count). The van der Waals surface area contributed by atoms with Gasteiger partial charge in [-0.3, -0.25) is 10.1 Å². The standard InChI is InChI=1S/C9H18N2O2S/c1-6(14-5)7(12)10-8(13)11-9(2,3)4/h6H,1-5H3,(H2,10,11,12,13). The van der Waals surface area contributed by atoms with E-state index >= 15 is 0 Å². The van der Waals surface area contributed by atoms with Gasteiger partial charge in [-0.2, -0.15) is 11.8 Å². The van der Waals surface area contributed by atoms with Crippen molar-refractivity contribution in [1.29, 1.82) is 0 Å². The minimum atomic E-state index is -0.441. The molecule has 0 spiro atoms. The Morgan fingerprint density at radius 2 is 1.79 bits per heavy atom. The van der Waals surface area contributed by atoms with Crippen LogP contribution in [0.3, 0.4) is 0 Å². The molecule has 0 aliphatic heterocycles. The Hall–Kier alpha value is -0.710. The highest BCUT2D eigenvalue weighted by Crippen LogP contribution is 2.04. The van der Waals surface area contributed by atoms with Gasteiger partial charge in [0.05, 0.1) is 5.25 Å². The molecular formula is C9H18N2O2S. The second kappa shape index (κ2) is 5.24.